The SMILES string of the molecule is CN(C(=O)CCC1CCCCC1)C1COCC1C(=O)O. The van der Waals surface area contributed by atoms with Crippen LogP contribution >= 0.6 is 0 Å². The van der Waals surface area contributed by atoms with Crippen molar-refractivity contribution in [1.29, 1.82) is 0 Å². The molecule has 0 radical (unpaired) electrons. The Morgan fingerprint density at radius 3 is 2.55 bits per heavy atom. The largest absolute Gasteiger partial charge is 0.481 e. The molecule has 1 saturated heterocycles. The number of hydrogen-bond acceptors (Lipinski definition) is 3. The van der Waals surface area contributed by atoms with Crippen molar-refractivity contribution in [3.63, 3.8) is 0 Å². The fourth-order valence-electron chi connectivity index (χ4n) is 3.33. The highest BCUT2D eigenvalue weighted by molar-refractivity contribution is 5.78. The van der Waals surface area contributed by atoms with E-state index >= 15 is 0 Å². The fraction of sp³-hybridized carbons (Fsp3) is 0.867. The van der Waals surface area contributed by atoms with Gasteiger partial charge in [-0.25, -0.2) is 0 Å². The molecule has 1 heterocycles. The Kier molecular flexibility index (Phi) is 5.40. The zero-order valence-corrected chi connectivity index (χ0v) is 12.2. The third-order valence-electron chi connectivity index (χ3n) is 4.75. The molecule has 1 aliphatic carbocycles. The molecule has 2 fully saturated rings. The van der Waals surface area contributed by atoms with Gasteiger partial charge in [0.2, 0.25) is 5.91 Å². The average molecular weight is 283 g/mol. The number of carbonyl (C=O) groups is 2. The predicted molar refractivity (Wildman–Crippen MR) is 74.3 cm³/mol. The highest BCUT2D eigenvalue weighted by Gasteiger charge is 2.38. The first-order valence-corrected chi connectivity index (χ1v) is 7.66. The van der Waals surface area contributed by atoms with Gasteiger partial charge >= 0.3 is 5.97 Å². The van der Waals surface area contributed by atoms with E-state index < -0.39 is 11.9 Å². The molecule has 20 heavy (non-hydrogen) atoms. The van der Waals surface area contributed by atoms with Crippen LogP contribution in [0.3, 0.4) is 0 Å². The van der Waals surface area contributed by atoms with E-state index in [9.17, 15) is 9.59 Å². The lowest BCUT2D eigenvalue weighted by atomic mass is 9.86. The molecule has 1 N–H and O–H groups in total. The number of ether oxygens (including phenoxy) is 1. The molecule has 2 rings (SSSR count). The second kappa shape index (κ2) is 7.07. The summed E-state index contributed by atoms with van der Waals surface area (Å²) in [6.45, 7) is 0.545. The Morgan fingerprint density at radius 1 is 1.20 bits per heavy atom. The standard InChI is InChI=1S/C15H25NO4/c1-16(13-10-20-9-12(13)15(18)19)14(17)8-7-11-5-3-2-4-6-11/h11-13H,2-10H2,1H3,(H,18,19). The molecule has 2 aliphatic rings. The first-order valence-electron chi connectivity index (χ1n) is 7.66. The lowest BCUT2D eigenvalue weighted by molar-refractivity contribution is -0.144. The summed E-state index contributed by atoms with van der Waals surface area (Å²) in [4.78, 5) is 24.9. The van der Waals surface area contributed by atoms with Gasteiger partial charge in [0.1, 0.15) is 5.92 Å². The minimum absolute atomic E-state index is 0.0531. The molecule has 0 aromatic carbocycles. The van der Waals surface area contributed by atoms with Crippen LogP contribution in [0.2, 0.25) is 0 Å². The number of aliphatic carboxylic acids is 1. The zero-order valence-electron chi connectivity index (χ0n) is 12.2. The van der Waals surface area contributed by atoms with E-state index in [-0.39, 0.29) is 18.6 Å². The number of amides is 1. The number of hydrogen-bond donors (Lipinski definition) is 1. The van der Waals surface area contributed by atoms with E-state index in [0.717, 1.165) is 6.42 Å². The molecule has 2 unspecified atom stereocenters. The quantitative estimate of drug-likeness (QED) is 0.837. The van der Waals surface area contributed by atoms with Crippen molar-refractivity contribution in [3.05, 3.63) is 0 Å². The van der Waals surface area contributed by atoms with E-state index in [4.69, 9.17) is 9.84 Å². The van der Waals surface area contributed by atoms with Gasteiger partial charge in [-0.15, -0.1) is 0 Å². The number of rotatable bonds is 5. The molecule has 2 atom stereocenters. The van der Waals surface area contributed by atoms with Crippen LogP contribution in [0.25, 0.3) is 0 Å². The zero-order chi connectivity index (χ0) is 14.5. The Bertz CT molecular complexity index is 352. The Hall–Kier alpha value is -1.10. The number of carbonyl (C=O) groups excluding carboxylic acids is 1. The normalized spacial score (nSPS) is 27.4. The summed E-state index contributed by atoms with van der Waals surface area (Å²) in [5.74, 6) is -0.730. The van der Waals surface area contributed by atoms with Gasteiger partial charge in [-0.05, 0) is 12.3 Å². The molecule has 1 aliphatic heterocycles. The van der Waals surface area contributed by atoms with Crippen LogP contribution in [0.1, 0.15) is 44.9 Å². The summed E-state index contributed by atoms with van der Waals surface area (Å²) in [6, 6.07) is -0.314. The number of carboxylic acid groups (broad SMARTS) is 1. The average Bonchev–Trinajstić information content (AvgIpc) is 2.94. The maximum absolute atomic E-state index is 12.2. The summed E-state index contributed by atoms with van der Waals surface area (Å²) in [5.41, 5.74) is 0. The van der Waals surface area contributed by atoms with E-state index in [1.54, 1.807) is 11.9 Å². The van der Waals surface area contributed by atoms with Gasteiger partial charge in [0.25, 0.3) is 0 Å². The van der Waals surface area contributed by atoms with Gasteiger partial charge in [0.15, 0.2) is 0 Å². The van der Waals surface area contributed by atoms with Crippen LogP contribution in [0.15, 0.2) is 0 Å². The molecule has 114 valence electrons. The molecule has 1 amide bonds. The summed E-state index contributed by atoms with van der Waals surface area (Å²) in [5, 5.41) is 9.13. The number of nitrogens with zero attached hydrogens (tertiary/aromatic N) is 1. The van der Waals surface area contributed by atoms with Gasteiger partial charge in [-0.3, -0.25) is 9.59 Å². The van der Waals surface area contributed by atoms with Crippen molar-refractivity contribution in [1.82, 2.24) is 4.90 Å². The third-order valence-corrected chi connectivity index (χ3v) is 4.75. The molecular formula is C15H25NO4. The highest BCUT2D eigenvalue weighted by atomic mass is 16.5. The van der Waals surface area contributed by atoms with E-state index in [2.05, 4.69) is 0 Å². The van der Waals surface area contributed by atoms with Gasteiger partial charge in [-0.2, -0.15) is 0 Å². The Balaban J connectivity index is 1.80. The molecule has 5 heteroatoms. The Labute approximate surface area is 120 Å². The lowest BCUT2D eigenvalue weighted by Gasteiger charge is -2.27. The molecule has 0 aromatic rings. The van der Waals surface area contributed by atoms with Crippen molar-refractivity contribution in [2.45, 2.75) is 51.0 Å². The molecular weight excluding hydrogens is 258 g/mol. The molecule has 1 saturated carbocycles. The summed E-state index contributed by atoms with van der Waals surface area (Å²) >= 11 is 0. The minimum atomic E-state index is -0.876. The van der Waals surface area contributed by atoms with Crippen LogP contribution in [0.4, 0.5) is 0 Å². The van der Waals surface area contributed by atoms with Crippen LogP contribution in [-0.4, -0.2) is 48.2 Å². The van der Waals surface area contributed by atoms with Gasteiger partial charge in [-0.1, -0.05) is 32.1 Å². The molecule has 5 nitrogen and oxygen atoms in total. The molecule has 0 spiro atoms. The predicted octanol–water partition coefficient (Wildman–Crippen LogP) is 1.90. The topological polar surface area (TPSA) is 66.8 Å². The Morgan fingerprint density at radius 2 is 1.90 bits per heavy atom. The fourth-order valence-corrected chi connectivity index (χ4v) is 3.33. The van der Waals surface area contributed by atoms with Crippen molar-refractivity contribution in [2.24, 2.45) is 11.8 Å². The molecule has 0 bridgehead atoms. The van der Waals surface area contributed by atoms with E-state index in [0.29, 0.717) is 18.9 Å². The number of likely N-dealkylation sites (N-methyl/N-ethyl adjacent to an activating group) is 1. The van der Waals surface area contributed by atoms with Crippen molar-refractivity contribution >= 4 is 11.9 Å². The van der Waals surface area contributed by atoms with Crippen LogP contribution in [0, 0.1) is 11.8 Å². The lowest BCUT2D eigenvalue weighted by Crippen LogP contribution is -2.44. The summed E-state index contributed by atoms with van der Waals surface area (Å²) < 4.78 is 5.22. The minimum Gasteiger partial charge on any atom is -0.481 e. The monoisotopic (exact) mass is 283 g/mol. The van der Waals surface area contributed by atoms with Crippen LogP contribution in [-0.2, 0) is 14.3 Å². The maximum Gasteiger partial charge on any atom is 0.311 e. The van der Waals surface area contributed by atoms with Crippen LogP contribution < -0.4 is 0 Å². The second-order valence-corrected chi connectivity index (χ2v) is 6.10. The van der Waals surface area contributed by atoms with E-state index in [1.165, 1.54) is 32.1 Å². The van der Waals surface area contributed by atoms with Gasteiger partial charge in [0.05, 0.1) is 19.3 Å². The second-order valence-electron chi connectivity index (χ2n) is 6.10. The number of carboxylic acids is 1. The third kappa shape index (κ3) is 3.72. The van der Waals surface area contributed by atoms with Crippen LogP contribution in [0.5, 0.6) is 0 Å². The maximum atomic E-state index is 12.2. The summed E-state index contributed by atoms with van der Waals surface area (Å²) in [7, 11) is 1.71. The molecule has 0 aromatic heterocycles. The van der Waals surface area contributed by atoms with Crippen molar-refractivity contribution in [2.75, 3.05) is 20.3 Å². The first kappa shape index (κ1) is 15.3. The van der Waals surface area contributed by atoms with E-state index in [1.807, 2.05) is 0 Å². The first-order chi connectivity index (χ1) is 9.59. The smallest absolute Gasteiger partial charge is 0.311 e. The highest BCUT2D eigenvalue weighted by Crippen LogP contribution is 2.28. The van der Waals surface area contributed by atoms with Gasteiger partial charge in [0, 0.05) is 13.5 Å². The van der Waals surface area contributed by atoms with Gasteiger partial charge < -0.3 is 14.7 Å². The van der Waals surface area contributed by atoms with Crippen molar-refractivity contribution in [3.8, 4) is 0 Å². The summed E-state index contributed by atoms with van der Waals surface area (Å²) in [6.07, 6.45) is 7.84. The van der Waals surface area contributed by atoms with Crippen molar-refractivity contribution < 1.29 is 19.4 Å².